The zero-order valence-corrected chi connectivity index (χ0v) is 11.2. The molecule has 0 spiro atoms. The van der Waals surface area contributed by atoms with Gasteiger partial charge in [-0.05, 0) is 31.2 Å². The molecule has 0 saturated carbocycles. The van der Waals surface area contributed by atoms with Gasteiger partial charge in [0, 0.05) is 24.8 Å². The Morgan fingerprint density at radius 2 is 1.95 bits per heavy atom. The molecule has 104 valence electrons. The van der Waals surface area contributed by atoms with Crippen LogP contribution >= 0.6 is 0 Å². The molecule has 20 heavy (non-hydrogen) atoms. The fraction of sp³-hybridized carbons (Fsp3) is 0.200. The van der Waals surface area contributed by atoms with Crippen LogP contribution < -0.4 is 10.6 Å². The number of nitrogens with zero attached hydrogens (tertiary/aromatic N) is 1. The average molecular weight is 273 g/mol. The van der Waals surface area contributed by atoms with Gasteiger partial charge in [0.25, 0.3) is 5.91 Å². The Bertz CT molecular complexity index is 584. The molecule has 0 aliphatic heterocycles. The average Bonchev–Trinajstić information content (AvgIpc) is 2.46. The molecule has 2 rings (SSSR count). The van der Waals surface area contributed by atoms with Crippen molar-refractivity contribution < 1.29 is 9.18 Å². The summed E-state index contributed by atoms with van der Waals surface area (Å²) in [6, 6.07) is 10.2. The Balaban J connectivity index is 1.77. The van der Waals surface area contributed by atoms with Crippen molar-refractivity contribution in [3.63, 3.8) is 0 Å². The zero-order chi connectivity index (χ0) is 14.4. The first kappa shape index (κ1) is 14.0. The molecule has 0 atom stereocenters. The molecule has 2 N–H and O–H groups in total. The molecule has 0 fully saturated rings. The number of aromatic nitrogens is 1. The van der Waals surface area contributed by atoms with Crippen LogP contribution in [-0.4, -0.2) is 24.0 Å². The van der Waals surface area contributed by atoms with Crippen molar-refractivity contribution >= 4 is 11.7 Å². The third-order valence-electron chi connectivity index (χ3n) is 2.78. The highest BCUT2D eigenvalue weighted by atomic mass is 19.1. The predicted molar refractivity (Wildman–Crippen MR) is 76.2 cm³/mol. The second-order valence-electron chi connectivity index (χ2n) is 4.38. The summed E-state index contributed by atoms with van der Waals surface area (Å²) in [4.78, 5) is 15.7. The summed E-state index contributed by atoms with van der Waals surface area (Å²) in [5, 5.41) is 5.58. The fourth-order valence-electron chi connectivity index (χ4n) is 1.68. The number of anilines is 1. The Kier molecular flexibility index (Phi) is 4.65. The third-order valence-corrected chi connectivity index (χ3v) is 2.78. The van der Waals surface area contributed by atoms with Crippen molar-refractivity contribution in [2.75, 3.05) is 18.4 Å². The lowest BCUT2D eigenvalue weighted by molar-refractivity contribution is 0.0955. The van der Waals surface area contributed by atoms with Crippen molar-refractivity contribution in [2.24, 2.45) is 0 Å². The van der Waals surface area contributed by atoms with E-state index in [-0.39, 0.29) is 11.7 Å². The first-order valence-corrected chi connectivity index (χ1v) is 6.36. The molecule has 0 radical (unpaired) electrons. The minimum absolute atomic E-state index is 0.145. The molecule has 1 heterocycles. The van der Waals surface area contributed by atoms with E-state index in [9.17, 15) is 9.18 Å². The van der Waals surface area contributed by atoms with Crippen LogP contribution in [0.15, 0.2) is 42.6 Å². The molecule has 2 aromatic rings. The summed E-state index contributed by atoms with van der Waals surface area (Å²) < 4.78 is 13.3. The highest BCUT2D eigenvalue weighted by Gasteiger charge is 2.04. The smallest absolute Gasteiger partial charge is 0.251 e. The van der Waals surface area contributed by atoms with Gasteiger partial charge in [-0.25, -0.2) is 9.37 Å². The Labute approximate surface area is 117 Å². The number of aryl methyl sites for hydroxylation is 1. The molecular formula is C15H16FN3O. The van der Waals surface area contributed by atoms with Crippen LogP contribution in [-0.2, 0) is 0 Å². The number of hydrogen-bond acceptors (Lipinski definition) is 3. The van der Waals surface area contributed by atoms with Crippen LogP contribution in [0.5, 0.6) is 0 Å². The van der Waals surface area contributed by atoms with Crippen molar-refractivity contribution in [1.82, 2.24) is 10.3 Å². The Morgan fingerprint density at radius 1 is 1.20 bits per heavy atom. The normalized spacial score (nSPS) is 10.1. The van der Waals surface area contributed by atoms with Crippen LogP contribution in [0.2, 0.25) is 0 Å². The first-order valence-electron chi connectivity index (χ1n) is 6.36. The summed E-state index contributed by atoms with van der Waals surface area (Å²) in [5.41, 5.74) is 1.72. The second kappa shape index (κ2) is 6.65. The van der Waals surface area contributed by atoms with Crippen LogP contribution in [0.1, 0.15) is 15.9 Å². The van der Waals surface area contributed by atoms with Gasteiger partial charge in [0.15, 0.2) is 11.6 Å². The number of rotatable bonds is 5. The number of carbonyl (C=O) groups is 1. The largest absolute Gasteiger partial charge is 0.366 e. The molecule has 1 amide bonds. The number of amides is 1. The highest BCUT2D eigenvalue weighted by molar-refractivity contribution is 5.94. The number of benzene rings is 1. The van der Waals surface area contributed by atoms with E-state index in [0.717, 1.165) is 5.56 Å². The van der Waals surface area contributed by atoms with Crippen LogP contribution in [0.4, 0.5) is 10.2 Å². The second-order valence-corrected chi connectivity index (χ2v) is 4.38. The van der Waals surface area contributed by atoms with Crippen molar-refractivity contribution in [1.29, 1.82) is 0 Å². The fourth-order valence-corrected chi connectivity index (χ4v) is 1.68. The SMILES string of the molecule is Cc1ccc(C(=O)NCCNc2ncccc2F)cc1. The molecule has 0 unspecified atom stereocenters. The van der Waals surface area contributed by atoms with E-state index in [4.69, 9.17) is 0 Å². The van der Waals surface area contributed by atoms with E-state index < -0.39 is 5.82 Å². The lowest BCUT2D eigenvalue weighted by Crippen LogP contribution is -2.29. The zero-order valence-electron chi connectivity index (χ0n) is 11.2. The van der Waals surface area contributed by atoms with Crippen LogP contribution in [0.3, 0.4) is 0 Å². The van der Waals surface area contributed by atoms with Gasteiger partial charge >= 0.3 is 0 Å². The number of pyridine rings is 1. The van der Waals surface area contributed by atoms with Crippen molar-refractivity contribution in [2.45, 2.75) is 6.92 Å². The molecular weight excluding hydrogens is 257 g/mol. The van der Waals surface area contributed by atoms with E-state index in [0.29, 0.717) is 18.7 Å². The summed E-state index contributed by atoms with van der Waals surface area (Å²) >= 11 is 0. The number of hydrogen-bond donors (Lipinski definition) is 2. The van der Waals surface area contributed by atoms with Gasteiger partial charge in [0.1, 0.15) is 0 Å². The van der Waals surface area contributed by atoms with E-state index in [1.54, 1.807) is 12.1 Å². The van der Waals surface area contributed by atoms with Gasteiger partial charge < -0.3 is 10.6 Å². The first-order chi connectivity index (χ1) is 9.66. The monoisotopic (exact) mass is 273 g/mol. The van der Waals surface area contributed by atoms with Gasteiger partial charge in [-0.1, -0.05) is 17.7 Å². The predicted octanol–water partition coefficient (Wildman–Crippen LogP) is 2.37. The van der Waals surface area contributed by atoms with Gasteiger partial charge in [0.2, 0.25) is 0 Å². The maximum absolute atomic E-state index is 13.3. The third kappa shape index (κ3) is 3.78. The van der Waals surface area contributed by atoms with E-state index in [2.05, 4.69) is 15.6 Å². The van der Waals surface area contributed by atoms with Gasteiger partial charge in [-0.2, -0.15) is 0 Å². The molecule has 1 aromatic carbocycles. The molecule has 4 nitrogen and oxygen atoms in total. The van der Waals surface area contributed by atoms with Gasteiger partial charge in [0.05, 0.1) is 0 Å². The number of nitrogens with one attached hydrogen (secondary N) is 2. The van der Waals surface area contributed by atoms with Crippen molar-refractivity contribution in [3.8, 4) is 0 Å². The standard InChI is InChI=1S/C15H16FN3O/c1-11-4-6-12(7-5-11)15(20)19-10-9-18-14-13(16)3-2-8-17-14/h2-8H,9-10H2,1H3,(H,17,18)(H,19,20). The molecule has 0 saturated heterocycles. The Morgan fingerprint density at radius 3 is 2.65 bits per heavy atom. The number of carbonyl (C=O) groups excluding carboxylic acids is 1. The molecule has 0 aliphatic rings. The number of halogens is 1. The van der Waals surface area contributed by atoms with E-state index >= 15 is 0 Å². The summed E-state index contributed by atoms with van der Waals surface area (Å²) in [7, 11) is 0. The van der Waals surface area contributed by atoms with E-state index in [1.165, 1.54) is 18.3 Å². The quantitative estimate of drug-likeness (QED) is 0.822. The summed E-state index contributed by atoms with van der Waals surface area (Å²) in [6.07, 6.45) is 1.51. The van der Waals surface area contributed by atoms with Crippen LogP contribution in [0, 0.1) is 12.7 Å². The minimum atomic E-state index is -0.405. The van der Waals surface area contributed by atoms with Crippen LogP contribution in [0.25, 0.3) is 0 Å². The summed E-state index contributed by atoms with van der Waals surface area (Å²) in [6.45, 7) is 2.77. The highest BCUT2D eigenvalue weighted by Crippen LogP contribution is 2.07. The summed E-state index contributed by atoms with van der Waals surface area (Å²) in [5.74, 6) is -0.359. The molecule has 5 heteroatoms. The minimum Gasteiger partial charge on any atom is -0.366 e. The lowest BCUT2D eigenvalue weighted by Gasteiger charge is -2.08. The van der Waals surface area contributed by atoms with Gasteiger partial charge in [-0.15, -0.1) is 0 Å². The lowest BCUT2D eigenvalue weighted by atomic mass is 10.1. The molecule has 0 aliphatic carbocycles. The topological polar surface area (TPSA) is 54.0 Å². The molecule has 1 aromatic heterocycles. The Hall–Kier alpha value is -2.43. The van der Waals surface area contributed by atoms with Crippen molar-refractivity contribution in [3.05, 3.63) is 59.5 Å². The maximum Gasteiger partial charge on any atom is 0.251 e. The maximum atomic E-state index is 13.3. The molecule has 0 bridgehead atoms. The van der Waals surface area contributed by atoms with Gasteiger partial charge in [-0.3, -0.25) is 4.79 Å². The van der Waals surface area contributed by atoms with E-state index in [1.807, 2.05) is 19.1 Å².